The van der Waals surface area contributed by atoms with Gasteiger partial charge >= 0.3 is 0 Å². The first-order valence-electron chi connectivity index (χ1n) is 13.6. The topological polar surface area (TPSA) is 51.6 Å². The third kappa shape index (κ3) is 4.45. The Labute approximate surface area is 254 Å². The van der Waals surface area contributed by atoms with Gasteiger partial charge in [-0.05, 0) is 53.6 Å². The molecule has 0 bridgehead atoms. The lowest BCUT2D eigenvalue weighted by molar-refractivity contribution is 1.07. The van der Waals surface area contributed by atoms with Gasteiger partial charge in [-0.25, -0.2) is 15.0 Å². The number of halogens is 1. The van der Waals surface area contributed by atoms with Crippen molar-refractivity contribution in [1.29, 1.82) is 0 Å². The van der Waals surface area contributed by atoms with E-state index < -0.39 is 0 Å². The van der Waals surface area contributed by atoms with Gasteiger partial charge in [-0.2, -0.15) is 0 Å². The van der Waals surface area contributed by atoms with E-state index in [2.05, 4.69) is 93.7 Å². The molecule has 3 aromatic heterocycles. The molecule has 8 aromatic rings. The van der Waals surface area contributed by atoms with Crippen molar-refractivity contribution in [1.82, 2.24) is 19.9 Å². The van der Waals surface area contributed by atoms with Crippen LogP contribution in [-0.4, -0.2) is 19.9 Å². The summed E-state index contributed by atoms with van der Waals surface area (Å²) in [4.78, 5) is 19.5. The highest BCUT2D eigenvalue weighted by atomic mass is 79.9. The minimum Gasteiger partial charge on any atom is -0.256 e. The molecule has 0 saturated carbocycles. The van der Waals surface area contributed by atoms with Crippen LogP contribution >= 0.6 is 27.3 Å². The minimum atomic E-state index is 0.621. The van der Waals surface area contributed by atoms with E-state index in [1.807, 2.05) is 54.7 Å². The number of rotatable bonds is 4. The summed E-state index contributed by atoms with van der Waals surface area (Å²) in [5, 5.41) is 3.62. The average Bonchev–Trinajstić information content (AvgIpc) is 3.42. The largest absolute Gasteiger partial charge is 0.256 e. The molecule has 42 heavy (non-hydrogen) atoms. The predicted octanol–water partition coefficient (Wildman–Crippen LogP) is 10.2. The van der Waals surface area contributed by atoms with E-state index in [4.69, 9.17) is 15.0 Å². The first-order valence-corrected chi connectivity index (χ1v) is 15.2. The van der Waals surface area contributed by atoms with Crippen LogP contribution in [0.5, 0.6) is 0 Å². The predicted molar refractivity (Wildman–Crippen MR) is 177 cm³/mol. The molecule has 0 unspecified atom stereocenters. The number of fused-ring (bicyclic) bond motifs is 4. The second-order valence-corrected chi connectivity index (χ2v) is 12.1. The van der Waals surface area contributed by atoms with Gasteiger partial charge in [-0.3, -0.25) is 4.98 Å². The maximum absolute atomic E-state index is 5.05. The van der Waals surface area contributed by atoms with Gasteiger partial charge in [0.1, 0.15) is 0 Å². The molecule has 8 rings (SSSR count). The van der Waals surface area contributed by atoms with Gasteiger partial charge in [0.05, 0.1) is 5.52 Å². The van der Waals surface area contributed by atoms with Crippen molar-refractivity contribution in [2.75, 3.05) is 0 Å². The third-order valence-corrected chi connectivity index (χ3v) is 9.01. The van der Waals surface area contributed by atoms with E-state index in [9.17, 15) is 0 Å². The Hall–Kier alpha value is -4.78. The van der Waals surface area contributed by atoms with Gasteiger partial charge in [0.25, 0.3) is 0 Å². The number of thiophene rings is 1. The Balaban J connectivity index is 1.32. The molecule has 0 atom stereocenters. The molecule has 4 nitrogen and oxygen atoms in total. The van der Waals surface area contributed by atoms with Crippen LogP contribution in [0.1, 0.15) is 0 Å². The summed E-state index contributed by atoms with van der Waals surface area (Å²) in [7, 11) is 0. The summed E-state index contributed by atoms with van der Waals surface area (Å²) in [6.07, 6.45) is 1.83. The van der Waals surface area contributed by atoms with Crippen molar-refractivity contribution in [3.8, 4) is 45.3 Å². The lowest BCUT2D eigenvalue weighted by Gasteiger charge is -2.11. The highest BCUT2D eigenvalue weighted by Crippen LogP contribution is 2.37. The maximum atomic E-state index is 5.05. The molecule has 3 heterocycles. The van der Waals surface area contributed by atoms with Gasteiger partial charge in [0.2, 0.25) is 0 Å². The van der Waals surface area contributed by atoms with Gasteiger partial charge < -0.3 is 0 Å². The standard InChI is InChI=1S/C36H21BrN4S/c37-26-19-24(27-11-6-13-31-28(27)12-7-17-38-31)18-25(20-26)36-40-34(22-8-2-1-3-9-22)39-35(41-36)23-15-16-30-29-10-4-5-14-32(29)42-33(30)21-23/h1-21H. The molecule has 0 amide bonds. The SMILES string of the molecule is Brc1cc(-c2nc(-c3ccccc3)nc(-c3ccc4c(c3)sc3ccccc34)n2)cc(-c2cccc3ncccc23)c1. The van der Waals surface area contributed by atoms with Gasteiger partial charge in [0, 0.05) is 52.9 Å². The lowest BCUT2D eigenvalue weighted by Crippen LogP contribution is -2.00. The Morgan fingerprint density at radius 3 is 2.07 bits per heavy atom. The van der Waals surface area contributed by atoms with Crippen LogP contribution in [0.25, 0.3) is 76.4 Å². The molecule has 198 valence electrons. The van der Waals surface area contributed by atoms with Crippen LogP contribution in [0.3, 0.4) is 0 Å². The molecule has 0 fully saturated rings. The van der Waals surface area contributed by atoms with Crippen molar-refractivity contribution in [2.24, 2.45) is 0 Å². The van der Waals surface area contributed by atoms with Crippen LogP contribution < -0.4 is 0 Å². The zero-order valence-corrected chi connectivity index (χ0v) is 24.6. The quantitative estimate of drug-likeness (QED) is 0.196. The van der Waals surface area contributed by atoms with Crippen LogP contribution in [0.15, 0.2) is 132 Å². The molecule has 0 aliphatic heterocycles. The van der Waals surface area contributed by atoms with Crippen molar-refractivity contribution in [3.63, 3.8) is 0 Å². The smallest absolute Gasteiger partial charge is 0.164 e. The van der Waals surface area contributed by atoms with E-state index in [0.29, 0.717) is 17.5 Å². The van der Waals surface area contributed by atoms with E-state index in [-0.39, 0.29) is 0 Å². The molecular formula is C36H21BrN4S. The number of aromatic nitrogens is 4. The Morgan fingerprint density at radius 2 is 1.19 bits per heavy atom. The van der Waals surface area contributed by atoms with Crippen LogP contribution in [0.4, 0.5) is 0 Å². The first kappa shape index (κ1) is 25.0. The summed E-state index contributed by atoms with van der Waals surface area (Å²) < 4.78 is 3.44. The van der Waals surface area contributed by atoms with Gasteiger partial charge in [0.15, 0.2) is 17.5 Å². The molecule has 0 aliphatic carbocycles. The molecule has 0 saturated heterocycles. The van der Waals surface area contributed by atoms with Crippen LogP contribution in [-0.2, 0) is 0 Å². The second kappa shape index (κ2) is 10.2. The number of nitrogens with zero attached hydrogens (tertiary/aromatic N) is 4. The average molecular weight is 622 g/mol. The Bertz CT molecular complexity index is 2270. The molecule has 0 radical (unpaired) electrons. The van der Waals surface area contributed by atoms with Crippen molar-refractivity contribution in [2.45, 2.75) is 0 Å². The Morgan fingerprint density at radius 1 is 0.476 bits per heavy atom. The van der Waals surface area contributed by atoms with Crippen LogP contribution in [0.2, 0.25) is 0 Å². The van der Waals surface area contributed by atoms with E-state index in [0.717, 1.165) is 43.2 Å². The zero-order valence-electron chi connectivity index (χ0n) is 22.2. The number of benzene rings is 5. The number of hydrogen-bond donors (Lipinski definition) is 0. The molecule has 0 N–H and O–H groups in total. The number of hydrogen-bond acceptors (Lipinski definition) is 5. The van der Waals surface area contributed by atoms with Crippen molar-refractivity contribution >= 4 is 58.3 Å². The summed E-state index contributed by atoms with van der Waals surface area (Å²) >= 11 is 5.55. The fourth-order valence-corrected chi connectivity index (χ4v) is 7.08. The fourth-order valence-electron chi connectivity index (χ4n) is 5.44. The first-order chi connectivity index (χ1) is 20.7. The summed E-state index contributed by atoms with van der Waals surface area (Å²) in [6.45, 7) is 0. The highest BCUT2D eigenvalue weighted by Gasteiger charge is 2.16. The van der Waals surface area contributed by atoms with Gasteiger partial charge in [-0.15, -0.1) is 11.3 Å². The van der Waals surface area contributed by atoms with Gasteiger partial charge in [-0.1, -0.05) is 94.8 Å². The molecular weight excluding hydrogens is 600 g/mol. The summed E-state index contributed by atoms with van der Waals surface area (Å²) in [5.74, 6) is 1.91. The lowest BCUT2D eigenvalue weighted by atomic mass is 9.98. The molecule has 6 heteroatoms. The summed E-state index contributed by atoms with van der Waals surface area (Å²) in [5.41, 5.74) is 5.95. The molecule has 0 aliphatic rings. The summed E-state index contributed by atoms with van der Waals surface area (Å²) in [6, 6.07) is 41.7. The van der Waals surface area contributed by atoms with E-state index in [1.165, 1.54) is 20.2 Å². The second-order valence-electron chi connectivity index (χ2n) is 10.1. The number of pyridine rings is 1. The third-order valence-electron chi connectivity index (χ3n) is 7.42. The zero-order chi connectivity index (χ0) is 28.0. The van der Waals surface area contributed by atoms with Crippen LogP contribution in [0, 0.1) is 0 Å². The maximum Gasteiger partial charge on any atom is 0.164 e. The molecule has 0 spiro atoms. The monoisotopic (exact) mass is 620 g/mol. The minimum absolute atomic E-state index is 0.621. The van der Waals surface area contributed by atoms with Crippen molar-refractivity contribution < 1.29 is 0 Å². The highest BCUT2D eigenvalue weighted by molar-refractivity contribution is 9.10. The normalized spacial score (nSPS) is 11.5. The fraction of sp³-hybridized carbons (Fsp3) is 0. The van der Waals surface area contributed by atoms with E-state index in [1.54, 1.807) is 11.3 Å². The van der Waals surface area contributed by atoms with Crippen molar-refractivity contribution in [3.05, 3.63) is 132 Å². The molecule has 5 aromatic carbocycles. The Kier molecular flexibility index (Phi) is 6.09. The van der Waals surface area contributed by atoms with E-state index >= 15 is 0 Å².